The van der Waals surface area contributed by atoms with Crippen LogP contribution in [0.15, 0.2) is 35.3 Å². The molecule has 96 valence electrons. The van der Waals surface area contributed by atoms with E-state index < -0.39 is 5.97 Å². The molecule has 0 saturated carbocycles. The Morgan fingerprint density at radius 2 is 2.11 bits per heavy atom. The van der Waals surface area contributed by atoms with Gasteiger partial charge in [-0.25, -0.2) is 4.79 Å². The molecule has 0 aromatic heterocycles. The van der Waals surface area contributed by atoms with Crippen molar-refractivity contribution in [2.24, 2.45) is 0 Å². The van der Waals surface area contributed by atoms with Gasteiger partial charge in [0.25, 0.3) is 0 Å². The van der Waals surface area contributed by atoms with Crippen molar-refractivity contribution in [3.8, 4) is 0 Å². The van der Waals surface area contributed by atoms with Gasteiger partial charge in [0, 0.05) is 16.7 Å². The van der Waals surface area contributed by atoms with Gasteiger partial charge in [-0.05, 0) is 18.2 Å². The first-order valence-electron chi connectivity index (χ1n) is 5.18. The maximum absolute atomic E-state index is 11.5. The summed E-state index contributed by atoms with van der Waals surface area (Å²) in [6.07, 6.45) is 1.65. The van der Waals surface area contributed by atoms with Gasteiger partial charge in [-0.3, -0.25) is 4.79 Å². The molecule has 1 aromatic rings. The first-order chi connectivity index (χ1) is 8.52. The molecule has 0 unspecified atom stereocenters. The number of anilines is 1. The van der Waals surface area contributed by atoms with Gasteiger partial charge in [0.05, 0.1) is 12.1 Å². The number of carboxylic acid groups (broad SMARTS) is 1. The molecule has 0 spiro atoms. The monoisotopic (exact) mass is 312 g/mol. The van der Waals surface area contributed by atoms with E-state index in [0.717, 1.165) is 0 Å². The molecule has 1 rings (SSSR count). The molecule has 0 fully saturated rings. The molecule has 0 bridgehead atoms. The Balaban J connectivity index is 2.69. The van der Waals surface area contributed by atoms with Crippen molar-refractivity contribution < 1.29 is 14.7 Å². The topological polar surface area (TPSA) is 78.4 Å². The highest BCUT2D eigenvalue weighted by molar-refractivity contribution is 9.10. The number of aromatic carboxylic acids is 1. The molecule has 0 radical (unpaired) electrons. The molecule has 0 atom stereocenters. The van der Waals surface area contributed by atoms with Gasteiger partial charge in [0.2, 0.25) is 5.91 Å². The van der Waals surface area contributed by atoms with Crippen LogP contribution in [0.5, 0.6) is 0 Å². The highest BCUT2D eigenvalue weighted by Gasteiger charge is 2.08. The van der Waals surface area contributed by atoms with Crippen LogP contribution in [0.4, 0.5) is 5.69 Å². The van der Waals surface area contributed by atoms with E-state index >= 15 is 0 Å². The highest BCUT2D eigenvalue weighted by Crippen LogP contribution is 2.19. The van der Waals surface area contributed by atoms with Crippen molar-refractivity contribution in [3.05, 3.63) is 40.9 Å². The molecule has 18 heavy (non-hydrogen) atoms. The lowest BCUT2D eigenvalue weighted by molar-refractivity contribution is -0.115. The smallest absolute Gasteiger partial charge is 0.335 e. The van der Waals surface area contributed by atoms with Crippen molar-refractivity contribution in [2.75, 3.05) is 18.4 Å². The largest absolute Gasteiger partial charge is 0.478 e. The van der Waals surface area contributed by atoms with Crippen LogP contribution in [0.2, 0.25) is 0 Å². The maximum atomic E-state index is 11.5. The second-order valence-electron chi connectivity index (χ2n) is 3.50. The molecule has 3 N–H and O–H groups in total. The molecule has 0 aliphatic rings. The molecule has 1 aromatic carbocycles. The first-order valence-corrected chi connectivity index (χ1v) is 5.97. The number of rotatable bonds is 6. The minimum atomic E-state index is -1.04. The van der Waals surface area contributed by atoms with Gasteiger partial charge in [0.1, 0.15) is 0 Å². The summed E-state index contributed by atoms with van der Waals surface area (Å²) in [6, 6.07) is 4.50. The van der Waals surface area contributed by atoms with Crippen molar-refractivity contribution >= 4 is 33.5 Å². The van der Waals surface area contributed by atoms with Crippen LogP contribution in [-0.4, -0.2) is 30.1 Å². The third kappa shape index (κ3) is 4.68. The van der Waals surface area contributed by atoms with E-state index in [4.69, 9.17) is 5.11 Å². The SMILES string of the molecule is C=CCNCC(=O)Nc1cc(Br)cc(C(=O)O)c1. The van der Waals surface area contributed by atoms with Gasteiger partial charge in [-0.2, -0.15) is 0 Å². The number of hydrogen-bond acceptors (Lipinski definition) is 3. The number of halogens is 1. The third-order valence-electron chi connectivity index (χ3n) is 2.00. The van der Waals surface area contributed by atoms with E-state index in [1.54, 1.807) is 12.1 Å². The van der Waals surface area contributed by atoms with Gasteiger partial charge in [-0.15, -0.1) is 6.58 Å². The Hall–Kier alpha value is -1.66. The number of amides is 1. The molecule has 6 heteroatoms. The Morgan fingerprint density at radius 1 is 1.39 bits per heavy atom. The summed E-state index contributed by atoms with van der Waals surface area (Å²) in [5, 5.41) is 14.3. The van der Waals surface area contributed by atoms with E-state index in [0.29, 0.717) is 16.7 Å². The molecule has 5 nitrogen and oxygen atoms in total. The van der Waals surface area contributed by atoms with Crippen molar-refractivity contribution in [1.82, 2.24) is 5.32 Å². The fraction of sp³-hybridized carbons (Fsp3) is 0.167. The van der Waals surface area contributed by atoms with Gasteiger partial charge in [0.15, 0.2) is 0 Å². The van der Waals surface area contributed by atoms with Crippen LogP contribution in [0, 0.1) is 0 Å². The van der Waals surface area contributed by atoms with Crippen LogP contribution in [-0.2, 0) is 4.79 Å². The average Bonchev–Trinajstić information content (AvgIpc) is 2.28. The molecule has 0 heterocycles. The number of benzene rings is 1. The third-order valence-corrected chi connectivity index (χ3v) is 2.46. The fourth-order valence-electron chi connectivity index (χ4n) is 1.28. The Morgan fingerprint density at radius 3 is 2.72 bits per heavy atom. The molecule has 1 amide bonds. The Kier molecular flexibility index (Phi) is 5.54. The Labute approximate surface area is 113 Å². The lowest BCUT2D eigenvalue weighted by Crippen LogP contribution is -2.28. The predicted octanol–water partition coefficient (Wildman–Crippen LogP) is 1.86. The standard InChI is InChI=1S/C12H13BrN2O3/c1-2-3-14-7-11(16)15-10-5-8(12(17)18)4-9(13)6-10/h2,4-6,14H,1,3,7H2,(H,15,16)(H,17,18). The van der Waals surface area contributed by atoms with Crippen LogP contribution in [0.3, 0.4) is 0 Å². The van der Waals surface area contributed by atoms with E-state index in [1.807, 2.05) is 0 Å². The van der Waals surface area contributed by atoms with E-state index in [-0.39, 0.29) is 18.0 Å². The summed E-state index contributed by atoms with van der Waals surface area (Å²) in [7, 11) is 0. The summed E-state index contributed by atoms with van der Waals surface area (Å²) >= 11 is 3.19. The zero-order valence-corrected chi connectivity index (χ0v) is 11.2. The lowest BCUT2D eigenvalue weighted by Gasteiger charge is -2.07. The van der Waals surface area contributed by atoms with Gasteiger partial charge < -0.3 is 15.7 Å². The fourth-order valence-corrected chi connectivity index (χ4v) is 1.77. The number of nitrogens with one attached hydrogen (secondary N) is 2. The summed E-state index contributed by atoms with van der Waals surface area (Å²) < 4.78 is 0.594. The van der Waals surface area contributed by atoms with Crippen LogP contribution >= 0.6 is 15.9 Å². The summed E-state index contributed by atoms with van der Waals surface area (Å²) in [4.78, 5) is 22.4. The van der Waals surface area contributed by atoms with E-state index in [1.165, 1.54) is 12.1 Å². The zero-order valence-electron chi connectivity index (χ0n) is 9.57. The zero-order chi connectivity index (χ0) is 13.5. The number of carboxylic acids is 1. The first kappa shape index (κ1) is 14.4. The average molecular weight is 313 g/mol. The van der Waals surface area contributed by atoms with Crippen LogP contribution in [0.1, 0.15) is 10.4 Å². The summed E-state index contributed by atoms with van der Waals surface area (Å²) in [6.45, 7) is 4.19. The Bertz CT molecular complexity index is 474. The van der Waals surface area contributed by atoms with Crippen molar-refractivity contribution in [2.45, 2.75) is 0 Å². The number of carbonyl (C=O) groups is 2. The van der Waals surface area contributed by atoms with Crippen LogP contribution in [0.25, 0.3) is 0 Å². The second kappa shape index (κ2) is 6.93. The molecular formula is C12H13BrN2O3. The molecule has 0 aliphatic heterocycles. The molecule has 0 saturated heterocycles. The maximum Gasteiger partial charge on any atom is 0.335 e. The number of hydrogen-bond donors (Lipinski definition) is 3. The number of carbonyl (C=O) groups excluding carboxylic acids is 1. The summed E-state index contributed by atoms with van der Waals surface area (Å²) in [5.41, 5.74) is 0.547. The van der Waals surface area contributed by atoms with Crippen LogP contribution < -0.4 is 10.6 Å². The van der Waals surface area contributed by atoms with E-state index in [9.17, 15) is 9.59 Å². The van der Waals surface area contributed by atoms with Crippen molar-refractivity contribution in [1.29, 1.82) is 0 Å². The minimum absolute atomic E-state index is 0.110. The molecular weight excluding hydrogens is 300 g/mol. The van der Waals surface area contributed by atoms with Gasteiger partial charge >= 0.3 is 5.97 Å². The predicted molar refractivity (Wildman–Crippen MR) is 72.8 cm³/mol. The van der Waals surface area contributed by atoms with E-state index in [2.05, 4.69) is 33.1 Å². The quantitative estimate of drug-likeness (QED) is 0.553. The minimum Gasteiger partial charge on any atom is -0.478 e. The lowest BCUT2D eigenvalue weighted by atomic mass is 10.2. The highest BCUT2D eigenvalue weighted by atomic mass is 79.9. The van der Waals surface area contributed by atoms with Crippen molar-refractivity contribution in [3.63, 3.8) is 0 Å². The summed E-state index contributed by atoms with van der Waals surface area (Å²) in [5.74, 6) is -1.29. The second-order valence-corrected chi connectivity index (χ2v) is 4.42. The molecule has 0 aliphatic carbocycles. The van der Waals surface area contributed by atoms with Gasteiger partial charge in [-0.1, -0.05) is 22.0 Å². The normalized spacial score (nSPS) is 9.83.